The zero-order chi connectivity index (χ0) is 3.58. The lowest BCUT2D eigenvalue weighted by molar-refractivity contribution is 0.679. The zero-order valence-electron chi connectivity index (χ0n) is 3.86. The molecule has 0 heterocycles. The Hall–Kier alpha value is 0.657. The van der Waals surface area contributed by atoms with Gasteiger partial charge in [0.1, 0.15) is 0 Å². The summed E-state index contributed by atoms with van der Waals surface area (Å²) in [6.45, 7) is 0. The molecule has 0 saturated carbocycles. The van der Waals surface area contributed by atoms with Crippen LogP contribution in [0.3, 0.4) is 0 Å². The zero-order valence-corrected chi connectivity index (χ0v) is 7.57. The molecule has 0 bridgehead atoms. The summed E-state index contributed by atoms with van der Waals surface area (Å²) in [5, 5.41) is 0. The predicted octanol–water partition coefficient (Wildman–Crippen LogP) is -0.594. The van der Waals surface area contributed by atoms with E-state index in [0.29, 0.717) is 0 Å². The third kappa shape index (κ3) is 76.2. The fourth-order valence-electron chi connectivity index (χ4n) is 0. The van der Waals surface area contributed by atoms with Crippen molar-refractivity contribution >= 4 is 27.4 Å². The number of halogens is 1. The molecule has 0 aromatic carbocycles. The first kappa shape index (κ1) is 9.17. The lowest BCUT2D eigenvalue weighted by Crippen LogP contribution is -2.02. The van der Waals surface area contributed by atoms with Crippen molar-refractivity contribution in [1.29, 1.82) is 0 Å². The van der Waals surface area contributed by atoms with E-state index in [-0.39, 0.29) is 17.0 Å². The molecule has 0 amide bonds. The molecule has 34 valence electrons. The monoisotopic (exact) mass is 155 g/mol. The van der Waals surface area contributed by atoms with Crippen LogP contribution in [0.15, 0.2) is 0 Å². The summed E-state index contributed by atoms with van der Waals surface area (Å²) in [6.07, 6.45) is 0. The molecule has 1 nitrogen and oxygen atoms in total. The number of rotatable bonds is 0. The molecular weight excluding hydrogens is 146 g/mol. The Labute approximate surface area is 46.6 Å². The minimum absolute atomic E-state index is 0. The number of hydrogen-bond donors (Lipinski definition) is 0. The molecule has 0 radical (unpaired) electrons. The average Bonchev–Trinajstić information content (AvgIpc) is 0.811. The molecule has 0 aliphatic heterocycles. The van der Waals surface area contributed by atoms with E-state index >= 15 is 0 Å². The van der Waals surface area contributed by atoms with Gasteiger partial charge in [-0.05, 0) is 14.1 Å². The van der Waals surface area contributed by atoms with Crippen LogP contribution in [0.25, 0.3) is 0 Å². The van der Waals surface area contributed by atoms with E-state index in [1.807, 2.05) is 0 Å². The van der Waals surface area contributed by atoms with Crippen LogP contribution in [0.1, 0.15) is 0 Å². The van der Waals surface area contributed by atoms with Crippen molar-refractivity contribution in [2.45, 2.75) is 0 Å². The van der Waals surface area contributed by atoms with Crippen LogP contribution in [0.2, 0.25) is 0 Å². The quantitative estimate of drug-likeness (QED) is 0.423. The minimum atomic E-state index is 0. The van der Waals surface area contributed by atoms with Gasteiger partial charge in [-0.1, -0.05) is 0 Å². The van der Waals surface area contributed by atoms with E-state index in [0.717, 1.165) is 0 Å². The molecule has 0 aliphatic rings. The molecule has 0 aromatic rings. The smallest absolute Gasteiger partial charge is 0.0777 e. The molecule has 0 atom stereocenters. The third-order valence-electron chi connectivity index (χ3n) is 0. The Bertz CT molecular complexity index is 14.4. The topological polar surface area (TPSA) is 3.24 Å². The summed E-state index contributed by atoms with van der Waals surface area (Å²) in [5.41, 5.74) is 0. The van der Waals surface area contributed by atoms with E-state index in [1.165, 1.54) is 10.4 Å². The normalized spacial score (nSPS) is 7.80. The van der Waals surface area contributed by atoms with Gasteiger partial charge in [0.2, 0.25) is 0 Å². The van der Waals surface area contributed by atoms with Gasteiger partial charge in [0.05, 0.1) is 10.4 Å². The van der Waals surface area contributed by atoms with Gasteiger partial charge in [-0.25, -0.2) is 0 Å². The van der Waals surface area contributed by atoms with Crippen molar-refractivity contribution in [2.75, 3.05) is 14.1 Å². The van der Waals surface area contributed by atoms with Crippen molar-refractivity contribution in [3.8, 4) is 0 Å². The van der Waals surface area contributed by atoms with Gasteiger partial charge >= 0.3 is 0 Å². The molecule has 0 saturated heterocycles. The van der Waals surface area contributed by atoms with Crippen LogP contribution in [-0.2, 0) is 0 Å². The van der Waals surface area contributed by atoms with Crippen molar-refractivity contribution in [3.05, 3.63) is 0 Å². The molecule has 5 heavy (non-hydrogen) atoms. The second-order valence-corrected chi connectivity index (χ2v) is 3.13. The molecule has 0 fully saturated rings. The van der Waals surface area contributed by atoms with Crippen molar-refractivity contribution in [1.82, 2.24) is 4.57 Å². The molecule has 0 N–H and O–H groups in total. The predicted molar refractivity (Wildman–Crippen MR) is 33.9 cm³/mol. The first-order chi connectivity index (χ1) is 1.73. The average molecular weight is 156 g/mol. The summed E-state index contributed by atoms with van der Waals surface area (Å²) in [6, 6.07) is 0. The lowest BCUT2D eigenvalue weighted by atomic mass is 11.3. The maximum Gasteiger partial charge on any atom is 0.0777 e. The summed E-state index contributed by atoms with van der Waals surface area (Å²) >= 11 is 0. The maximum absolute atomic E-state index is 2.14. The van der Waals surface area contributed by atoms with E-state index in [4.69, 9.17) is 0 Å². The third-order valence-corrected chi connectivity index (χ3v) is 0. The summed E-state index contributed by atoms with van der Waals surface area (Å²) in [4.78, 5) is 0. The first-order valence-electron chi connectivity index (χ1n) is 1.34. The van der Waals surface area contributed by atoms with Crippen LogP contribution >= 0.6 is 17.0 Å². The van der Waals surface area contributed by atoms with Gasteiger partial charge in [0, 0.05) is 0 Å². The SMILES string of the molecule is Br.CN(C)[SiH3]. The highest BCUT2D eigenvalue weighted by Crippen LogP contribution is 1.44. The van der Waals surface area contributed by atoms with Gasteiger partial charge in [0.25, 0.3) is 0 Å². The summed E-state index contributed by atoms with van der Waals surface area (Å²) in [5.74, 6) is 0. The van der Waals surface area contributed by atoms with Crippen LogP contribution in [0.4, 0.5) is 0 Å². The van der Waals surface area contributed by atoms with Gasteiger partial charge in [0.15, 0.2) is 0 Å². The summed E-state index contributed by atoms with van der Waals surface area (Å²) in [7, 11) is 5.31. The highest BCUT2D eigenvalue weighted by molar-refractivity contribution is 8.93. The standard InChI is InChI=1S/C2H9NSi.BrH/c1-3(2)4;/h1-2,4H3;1H. The van der Waals surface area contributed by atoms with Crippen molar-refractivity contribution in [2.24, 2.45) is 0 Å². The fraction of sp³-hybridized carbons (Fsp3) is 1.00. The second kappa shape index (κ2) is 4.66. The molecule has 3 heteroatoms. The highest BCUT2D eigenvalue weighted by atomic mass is 79.9. The van der Waals surface area contributed by atoms with Crippen LogP contribution in [-0.4, -0.2) is 29.1 Å². The second-order valence-electron chi connectivity index (χ2n) is 1.34. The lowest BCUT2D eigenvalue weighted by Gasteiger charge is -1.90. The van der Waals surface area contributed by atoms with Crippen LogP contribution < -0.4 is 0 Å². The molecule has 0 aliphatic carbocycles. The minimum Gasteiger partial charge on any atom is -0.337 e. The van der Waals surface area contributed by atoms with Crippen molar-refractivity contribution in [3.63, 3.8) is 0 Å². The van der Waals surface area contributed by atoms with E-state index in [9.17, 15) is 0 Å². The molecule has 0 unspecified atom stereocenters. The Morgan fingerprint density at radius 2 is 1.40 bits per heavy atom. The molecule has 0 aromatic heterocycles. The van der Waals surface area contributed by atoms with Gasteiger partial charge in [-0.15, -0.1) is 17.0 Å². The number of hydrogen-bond acceptors (Lipinski definition) is 1. The van der Waals surface area contributed by atoms with E-state index in [1.54, 1.807) is 0 Å². The number of nitrogens with zero attached hydrogens (tertiary/aromatic N) is 1. The Morgan fingerprint density at radius 1 is 1.40 bits per heavy atom. The Morgan fingerprint density at radius 3 is 1.40 bits per heavy atom. The largest absolute Gasteiger partial charge is 0.337 e. The first-order valence-corrected chi connectivity index (χ1v) is 2.24. The molecule has 0 rings (SSSR count). The van der Waals surface area contributed by atoms with Crippen LogP contribution in [0.5, 0.6) is 0 Å². The Balaban J connectivity index is 0. The van der Waals surface area contributed by atoms with Crippen LogP contribution in [0, 0.1) is 0 Å². The van der Waals surface area contributed by atoms with E-state index in [2.05, 4.69) is 18.7 Å². The van der Waals surface area contributed by atoms with Gasteiger partial charge in [-0.3, -0.25) is 0 Å². The highest BCUT2D eigenvalue weighted by Gasteiger charge is 1.58. The van der Waals surface area contributed by atoms with Crippen molar-refractivity contribution < 1.29 is 0 Å². The summed E-state index contributed by atoms with van der Waals surface area (Å²) < 4.78 is 2.14. The molecular formula is C2H10BrNSi. The van der Waals surface area contributed by atoms with E-state index < -0.39 is 0 Å². The van der Waals surface area contributed by atoms with Gasteiger partial charge in [-0.2, -0.15) is 0 Å². The molecule has 0 spiro atoms. The Kier molecular flexibility index (Phi) is 8.54. The van der Waals surface area contributed by atoms with Gasteiger partial charge < -0.3 is 4.57 Å². The maximum atomic E-state index is 2.14. The fourth-order valence-corrected chi connectivity index (χ4v) is 0.